The molecule has 20 heavy (non-hydrogen) atoms. The predicted octanol–water partition coefficient (Wildman–Crippen LogP) is 2.56. The number of carbonyl (C=O) groups excluding carboxylic acids is 1. The van der Waals surface area contributed by atoms with Gasteiger partial charge in [0.25, 0.3) is 0 Å². The number of anilines is 1. The lowest BCUT2D eigenvalue weighted by Gasteiger charge is -2.39. The fourth-order valence-corrected chi connectivity index (χ4v) is 2.43. The second-order valence-electron chi connectivity index (χ2n) is 6.11. The lowest BCUT2D eigenvalue weighted by molar-refractivity contribution is -0.129. The quantitative estimate of drug-likeness (QED) is 0.883. The molecule has 3 N–H and O–H groups in total. The van der Waals surface area contributed by atoms with Crippen molar-refractivity contribution in [2.24, 2.45) is 11.1 Å². The van der Waals surface area contributed by atoms with Crippen molar-refractivity contribution in [1.82, 2.24) is 0 Å². The summed E-state index contributed by atoms with van der Waals surface area (Å²) in [5.41, 5.74) is 6.53. The third-order valence-corrected chi connectivity index (χ3v) is 4.33. The largest absolute Gasteiger partial charge is 0.329 e. The van der Waals surface area contributed by atoms with Gasteiger partial charge in [0.05, 0.1) is 16.9 Å². The van der Waals surface area contributed by atoms with Crippen LogP contribution in [0.15, 0.2) is 24.3 Å². The number of nitrogens with zero attached hydrogens (tertiary/aromatic N) is 1. The van der Waals surface area contributed by atoms with E-state index in [2.05, 4.69) is 11.4 Å². The van der Waals surface area contributed by atoms with Crippen LogP contribution >= 0.6 is 0 Å². The third kappa shape index (κ3) is 2.54. The number of rotatable bonds is 4. The van der Waals surface area contributed by atoms with Gasteiger partial charge in [0.2, 0.25) is 5.91 Å². The average molecular weight is 271 g/mol. The summed E-state index contributed by atoms with van der Waals surface area (Å²) in [5, 5.41) is 12.0. The summed E-state index contributed by atoms with van der Waals surface area (Å²) in [6.45, 7) is 4.15. The van der Waals surface area contributed by atoms with Gasteiger partial charge < -0.3 is 11.1 Å². The summed E-state index contributed by atoms with van der Waals surface area (Å²) >= 11 is 0. The Hall–Kier alpha value is -1.86. The van der Waals surface area contributed by atoms with Gasteiger partial charge in [-0.25, -0.2) is 0 Å². The number of benzene rings is 1. The topological polar surface area (TPSA) is 78.9 Å². The molecule has 4 nitrogen and oxygen atoms in total. The molecule has 0 aromatic heterocycles. The monoisotopic (exact) mass is 271 g/mol. The number of hydrogen-bond acceptors (Lipinski definition) is 3. The minimum absolute atomic E-state index is 0.0125. The van der Waals surface area contributed by atoms with E-state index >= 15 is 0 Å². The molecule has 0 radical (unpaired) electrons. The molecule has 0 atom stereocenters. The molecular formula is C16H21N3O. The van der Waals surface area contributed by atoms with Crippen molar-refractivity contribution in [2.75, 3.05) is 11.9 Å². The van der Waals surface area contributed by atoms with E-state index in [1.165, 1.54) is 0 Å². The van der Waals surface area contributed by atoms with E-state index in [0.29, 0.717) is 6.54 Å². The summed E-state index contributed by atoms with van der Waals surface area (Å²) in [6, 6.07) is 9.72. The Labute approximate surface area is 120 Å². The van der Waals surface area contributed by atoms with Crippen LogP contribution < -0.4 is 11.1 Å². The van der Waals surface area contributed by atoms with E-state index in [1.807, 2.05) is 38.1 Å². The minimum Gasteiger partial charge on any atom is -0.329 e. The Bertz CT molecular complexity index is 530. The highest BCUT2D eigenvalue weighted by Gasteiger charge is 2.42. The first-order valence-electron chi connectivity index (χ1n) is 6.97. The molecular weight excluding hydrogens is 250 g/mol. The highest BCUT2D eigenvalue weighted by Crippen LogP contribution is 2.40. The zero-order chi connectivity index (χ0) is 14.8. The van der Waals surface area contributed by atoms with Crippen LogP contribution in [-0.2, 0) is 10.2 Å². The van der Waals surface area contributed by atoms with E-state index in [9.17, 15) is 4.79 Å². The fourth-order valence-electron chi connectivity index (χ4n) is 2.43. The van der Waals surface area contributed by atoms with Crippen molar-refractivity contribution in [3.63, 3.8) is 0 Å². The number of nitrogens with two attached hydrogens (primary N) is 1. The summed E-state index contributed by atoms with van der Waals surface area (Å²) in [5.74, 6) is 0.0125. The Morgan fingerprint density at radius 1 is 1.40 bits per heavy atom. The highest BCUT2D eigenvalue weighted by molar-refractivity contribution is 5.96. The van der Waals surface area contributed by atoms with Crippen LogP contribution in [0, 0.1) is 16.7 Å². The minimum atomic E-state index is -0.519. The maximum atomic E-state index is 12.2. The first kappa shape index (κ1) is 14.5. The normalized spacial score (nSPS) is 16.9. The zero-order valence-electron chi connectivity index (χ0n) is 12.1. The van der Waals surface area contributed by atoms with Gasteiger partial charge in [0.15, 0.2) is 0 Å². The number of nitriles is 1. The zero-order valence-corrected chi connectivity index (χ0v) is 12.1. The molecule has 1 aromatic carbocycles. The molecule has 1 aliphatic carbocycles. The molecule has 1 aromatic rings. The van der Waals surface area contributed by atoms with E-state index in [4.69, 9.17) is 11.0 Å². The smallest absolute Gasteiger partial charge is 0.231 e. The molecule has 1 fully saturated rings. The van der Waals surface area contributed by atoms with Crippen molar-refractivity contribution >= 4 is 11.6 Å². The Balaban J connectivity index is 2.08. The predicted molar refractivity (Wildman–Crippen MR) is 79.0 cm³/mol. The van der Waals surface area contributed by atoms with Crippen LogP contribution in [0.1, 0.15) is 38.7 Å². The van der Waals surface area contributed by atoms with E-state index in [0.717, 1.165) is 30.5 Å². The maximum Gasteiger partial charge on any atom is 0.231 e. The van der Waals surface area contributed by atoms with Crippen LogP contribution in [0.5, 0.6) is 0 Å². The average Bonchev–Trinajstić information content (AvgIpc) is 2.39. The van der Waals surface area contributed by atoms with Gasteiger partial charge in [-0.15, -0.1) is 0 Å². The van der Waals surface area contributed by atoms with Crippen LogP contribution in [0.25, 0.3) is 0 Å². The molecule has 4 heteroatoms. The standard InChI is InChI=1S/C16H21N3O/c1-15(2,10-17)12-4-6-13(7-5-12)19-14(20)16(11-18)8-3-9-16/h4-7H,3,8-9,11,18H2,1-2H3,(H,19,20). The van der Waals surface area contributed by atoms with Gasteiger partial charge in [0.1, 0.15) is 0 Å². The van der Waals surface area contributed by atoms with Crippen molar-refractivity contribution in [3.8, 4) is 6.07 Å². The van der Waals surface area contributed by atoms with Gasteiger partial charge in [-0.3, -0.25) is 4.79 Å². The molecule has 106 valence electrons. The van der Waals surface area contributed by atoms with Crippen molar-refractivity contribution in [1.29, 1.82) is 5.26 Å². The summed E-state index contributed by atoms with van der Waals surface area (Å²) in [7, 11) is 0. The number of nitrogens with one attached hydrogen (secondary N) is 1. The number of amides is 1. The summed E-state index contributed by atoms with van der Waals surface area (Å²) < 4.78 is 0. The third-order valence-electron chi connectivity index (χ3n) is 4.33. The second-order valence-corrected chi connectivity index (χ2v) is 6.11. The van der Waals surface area contributed by atoms with E-state index < -0.39 is 5.41 Å². The van der Waals surface area contributed by atoms with Gasteiger partial charge in [-0.05, 0) is 44.4 Å². The van der Waals surface area contributed by atoms with Gasteiger partial charge in [0, 0.05) is 12.2 Å². The molecule has 2 rings (SSSR count). The van der Waals surface area contributed by atoms with Crippen molar-refractivity contribution < 1.29 is 4.79 Å². The number of hydrogen-bond donors (Lipinski definition) is 2. The number of carbonyl (C=O) groups is 1. The molecule has 1 amide bonds. The highest BCUT2D eigenvalue weighted by atomic mass is 16.2. The molecule has 0 aliphatic heterocycles. The van der Waals surface area contributed by atoms with Crippen LogP contribution in [0.2, 0.25) is 0 Å². The molecule has 1 saturated carbocycles. The van der Waals surface area contributed by atoms with Crippen molar-refractivity contribution in [2.45, 2.75) is 38.5 Å². The Kier molecular flexibility index (Phi) is 3.82. The summed E-state index contributed by atoms with van der Waals surface area (Å²) in [4.78, 5) is 12.2. The maximum absolute atomic E-state index is 12.2. The van der Waals surface area contributed by atoms with E-state index in [1.54, 1.807) is 0 Å². The molecule has 0 saturated heterocycles. The van der Waals surface area contributed by atoms with Crippen LogP contribution in [-0.4, -0.2) is 12.5 Å². The Morgan fingerprint density at radius 3 is 2.40 bits per heavy atom. The molecule has 1 aliphatic rings. The first-order valence-corrected chi connectivity index (χ1v) is 6.97. The lowest BCUT2D eigenvalue weighted by Crippen LogP contribution is -2.47. The second kappa shape index (κ2) is 5.26. The van der Waals surface area contributed by atoms with E-state index in [-0.39, 0.29) is 11.3 Å². The van der Waals surface area contributed by atoms with Gasteiger partial charge >= 0.3 is 0 Å². The lowest BCUT2D eigenvalue weighted by atomic mass is 9.68. The molecule has 0 bridgehead atoms. The van der Waals surface area contributed by atoms with Crippen LogP contribution in [0.3, 0.4) is 0 Å². The van der Waals surface area contributed by atoms with Crippen LogP contribution in [0.4, 0.5) is 5.69 Å². The van der Waals surface area contributed by atoms with Crippen molar-refractivity contribution in [3.05, 3.63) is 29.8 Å². The molecule has 0 spiro atoms. The van der Waals surface area contributed by atoms with Gasteiger partial charge in [-0.2, -0.15) is 5.26 Å². The Morgan fingerprint density at radius 2 is 2.00 bits per heavy atom. The summed E-state index contributed by atoms with van der Waals surface area (Å²) in [6.07, 6.45) is 2.81. The fraction of sp³-hybridized carbons (Fsp3) is 0.500. The van der Waals surface area contributed by atoms with Gasteiger partial charge in [-0.1, -0.05) is 18.6 Å². The molecule has 0 heterocycles. The molecule has 0 unspecified atom stereocenters. The SMILES string of the molecule is CC(C)(C#N)c1ccc(NC(=O)C2(CN)CCC2)cc1. The first-order chi connectivity index (χ1) is 9.43.